The predicted octanol–water partition coefficient (Wildman–Crippen LogP) is 0.564. The second kappa shape index (κ2) is 7.16. The van der Waals surface area contributed by atoms with Gasteiger partial charge in [-0.15, -0.1) is 0 Å². The average Bonchev–Trinajstić information content (AvgIpc) is 2.37. The fraction of sp³-hybridized carbons (Fsp3) is 0.692. The van der Waals surface area contributed by atoms with Crippen LogP contribution in [0.1, 0.15) is 20.8 Å². The summed E-state index contributed by atoms with van der Waals surface area (Å²) in [5.74, 6) is -0.0477. The first kappa shape index (κ1) is 14.7. The lowest BCUT2D eigenvalue weighted by Crippen LogP contribution is -2.46. The number of rotatable bonds is 4. The van der Waals surface area contributed by atoms with E-state index in [2.05, 4.69) is 5.32 Å². The lowest BCUT2D eigenvalue weighted by atomic mass is 10.0. The van der Waals surface area contributed by atoms with Gasteiger partial charge >= 0.3 is 0 Å². The summed E-state index contributed by atoms with van der Waals surface area (Å²) in [6.07, 6.45) is 1.79. The summed E-state index contributed by atoms with van der Waals surface area (Å²) in [6.45, 7) is 8.17. The molecule has 1 fully saturated rings. The summed E-state index contributed by atoms with van der Waals surface area (Å²) in [7, 11) is 0. The molecule has 0 saturated carbocycles. The molecular formula is C13H22N2O3. The maximum Gasteiger partial charge on any atom is 0.247 e. The number of carbonyl (C=O) groups excluding carboxylic acids is 2. The number of hydrogen-bond acceptors (Lipinski definition) is 3. The van der Waals surface area contributed by atoms with Crippen molar-refractivity contribution in [2.75, 3.05) is 32.8 Å². The maximum atomic E-state index is 11.8. The van der Waals surface area contributed by atoms with Gasteiger partial charge in [0, 0.05) is 18.7 Å². The van der Waals surface area contributed by atoms with Crippen LogP contribution < -0.4 is 5.32 Å². The molecule has 1 saturated heterocycles. The average molecular weight is 254 g/mol. The number of carbonyl (C=O) groups is 2. The third kappa shape index (κ3) is 4.14. The Labute approximate surface area is 108 Å². The lowest BCUT2D eigenvalue weighted by molar-refractivity contribution is -0.135. The Morgan fingerprint density at radius 3 is 2.44 bits per heavy atom. The van der Waals surface area contributed by atoms with Crippen molar-refractivity contribution < 1.29 is 14.3 Å². The molecule has 1 aliphatic rings. The second-order valence-electron chi connectivity index (χ2n) is 4.57. The molecule has 0 aromatic rings. The van der Waals surface area contributed by atoms with Crippen LogP contribution in [0.5, 0.6) is 0 Å². The topological polar surface area (TPSA) is 58.6 Å². The van der Waals surface area contributed by atoms with Crippen LogP contribution in [0.4, 0.5) is 0 Å². The molecule has 1 aliphatic heterocycles. The lowest BCUT2D eigenvalue weighted by Gasteiger charge is -2.27. The largest absolute Gasteiger partial charge is 0.378 e. The van der Waals surface area contributed by atoms with Crippen LogP contribution in [0.3, 0.4) is 0 Å². The van der Waals surface area contributed by atoms with Crippen molar-refractivity contribution in [3.8, 4) is 0 Å². The van der Waals surface area contributed by atoms with E-state index in [1.807, 2.05) is 20.8 Å². The number of amides is 2. The Hall–Kier alpha value is -1.36. The van der Waals surface area contributed by atoms with Crippen molar-refractivity contribution in [1.29, 1.82) is 0 Å². The van der Waals surface area contributed by atoms with Gasteiger partial charge in [0.05, 0.1) is 19.8 Å². The van der Waals surface area contributed by atoms with Gasteiger partial charge in [-0.3, -0.25) is 9.59 Å². The van der Waals surface area contributed by atoms with E-state index in [0.717, 1.165) is 0 Å². The molecule has 1 rings (SSSR count). The van der Waals surface area contributed by atoms with Crippen LogP contribution in [0, 0.1) is 5.92 Å². The molecule has 1 N–H and O–H groups in total. The smallest absolute Gasteiger partial charge is 0.247 e. The van der Waals surface area contributed by atoms with Crippen molar-refractivity contribution in [2.24, 2.45) is 5.92 Å². The Balaban J connectivity index is 2.40. The molecule has 102 valence electrons. The van der Waals surface area contributed by atoms with Gasteiger partial charge in [-0.2, -0.15) is 0 Å². The molecule has 1 heterocycles. The number of nitrogens with one attached hydrogen (secondary N) is 1. The molecule has 5 heteroatoms. The molecule has 0 aromatic carbocycles. The van der Waals surface area contributed by atoms with E-state index in [0.29, 0.717) is 31.9 Å². The summed E-state index contributed by atoms with van der Waals surface area (Å²) >= 11 is 0. The van der Waals surface area contributed by atoms with Crippen molar-refractivity contribution in [2.45, 2.75) is 20.8 Å². The van der Waals surface area contributed by atoms with E-state index in [1.54, 1.807) is 11.0 Å². The van der Waals surface area contributed by atoms with Crippen molar-refractivity contribution >= 4 is 11.8 Å². The van der Waals surface area contributed by atoms with E-state index in [9.17, 15) is 9.59 Å². The predicted molar refractivity (Wildman–Crippen MR) is 69.0 cm³/mol. The second-order valence-corrected chi connectivity index (χ2v) is 4.57. The van der Waals surface area contributed by atoms with Crippen molar-refractivity contribution in [3.05, 3.63) is 11.6 Å². The summed E-state index contributed by atoms with van der Waals surface area (Å²) in [6, 6.07) is 0. The molecule has 0 atom stereocenters. The highest BCUT2D eigenvalue weighted by atomic mass is 16.5. The van der Waals surface area contributed by atoms with Crippen LogP contribution in [0.25, 0.3) is 0 Å². The van der Waals surface area contributed by atoms with Gasteiger partial charge in [0.2, 0.25) is 11.8 Å². The SMILES string of the molecule is C/C=C(/C(=O)NCC(=O)N1CCOCC1)C(C)C. The fourth-order valence-corrected chi connectivity index (χ4v) is 1.91. The quantitative estimate of drug-likeness (QED) is 0.746. The zero-order valence-electron chi connectivity index (χ0n) is 11.4. The standard InChI is InChI=1S/C13H22N2O3/c1-4-11(10(2)3)13(17)14-9-12(16)15-5-7-18-8-6-15/h4,10H,5-9H2,1-3H3,(H,14,17)/b11-4+. The van der Waals surface area contributed by atoms with Crippen LogP contribution in [-0.4, -0.2) is 49.6 Å². The summed E-state index contributed by atoms with van der Waals surface area (Å²) in [4.78, 5) is 25.4. The molecule has 18 heavy (non-hydrogen) atoms. The molecule has 0 aliphatic carbocycles. The summed E-state index contributed by atoms with van der Waals surface area (Å²) < 4.78 is 5.17. The van der Waals surface area contributed by atoms with Gasteiger partial charge in [0.25, 0.3) is 0 Å². The van der Waals surface area contributed by atoms with Crippen LogP contribution in [0.15, 0.2) is 11.6 Å². The first-order chi connectivity index (χ1) is 8.56. The third-order valence-electron chi connectivity index (χ3n) is 2.96. The number of hydrogen-bond donors (Lipinski definition) is 1. The summed E-state index contributed by atoms with van der Waals surface area (Å²) in [5, 5.41) is 2.67. The van der Waals surface area contributed by atoms with Crippen molar-refractivity contribution in [1.82, 2.24) is 10.2 Å². The number of ether oxygens (including phenoxy) is 1. The van der Waals surface area contributed by atoms with Crippen molar-refractivity contribution in [3.63, 3.8) is 0 Å². The van der Waals surface area contributed by atoms with Crippen LogP contribution in [-0.2, 0) is 14.3 Å². The monoisotopic (exact) mass is 254 g/mol. The van der Waals surface area contributed by atoms with Gasteiger partial charge < -0.3 is 15.0 Å². The zero-order chi connectivity index (χ0) is 13.5. The maximum absolute atomic E-state index is 11.8. The number of nitrogens with zero attached hydrogens (tertiary/aromatic N) is 1. The minimum Gasteiger partial charge on any atom is -0.378 e. The van der Waals surface area contributed by atoms with E-state index >= 15 is 0 Å². The summed E-state index contributed by atoms with van der Waals surface area (Å²) in [5.41, 5.74) is 0.713. The van der Waals surface area contributed by atoms with E-state index in [4.69, 9.17) is 4.74 Å². The minimum atomic E-state index is -0.158. The van der Waals surface area contributed by atoms with E-state index < -0.39 is 0 Å². The third-order valence-corrected chi connectivity index (χ3v) is 2.96. The van der Waals surface area contributed by atoms with E-state index in [-0.39, 0.29) is 24.3 Å². The van der Waals surface area contributed by atoms with E-state index in [1.165, 1.54) is 0 Å². The molecule has 2 amide bonds. The van der Waals surface area contributed by atoms with Gasteiger partial charge in [-0.1, -0.05) is 19.9 Å². The Bertz CT molecular complexity index is 331. The highest BCUT2D eigenvalue weighted by molar-refractivity contribution is 5.96. The van der Waals surface area contributed by atoms with Crippen LogP contribution in [0.2, 0.25) is 0 Å². The Morgan fingerprint density at radius 2 is 1.94 bits per heavy atom. The highest BCUT2D eigenvalue weighted by Crippen LogP contribution is 2.08. The number of allylic oxidation sites excluding steroid dienone is 1. The van der Waals surface area contributed by atoms with Gasteiger partial charge in [-0.05, 0) is 12.8 Å². The molecule has 5 nitrogen and oxygen atoms in total. The molecule has 0 radical (unpaired) electrons. The molecule has 0 aromatic heterocycles. The normalized spacial score (nSPS) is 16.9. The Kier molecular flexibility index (Phi) is 5.85. The Morgan fingerprint density at radius 1 is 1.33 bits per heavy atom. The minimum absolute atomic E-state index is 0.0501. The van der Waals surface area contributed by atoms with Crippen LogP contribution >= 0.6 is 0 Å². The molecule has 0 bridgehead atoms. The first-order valence-corrected chi connectivity index (χ1v) is 6.36. The highest BCUT2D eigenvalue weighted by Gasteiger charge is 2.18. The molecule has 0 spiro atoms. The van der Waals surface area contributed by atoms with Gasteiger partial charge in [-0.25, -0.2) is 0 Å². The van der Waals surface area contributed by atoms with Gasteiger partial charge in [0.15, 0.2) is 0 Å². The molecular weight excluding hydrogens is 232 g/mol. The molecule has 0 unspecified atom stereocenters. The first-order valence-electron chi connectivity index (χ1n) is 6.36. The fourth-order valence-electron chi connectivity index (χ4n) is 1.91. The number of morpholine rings is 1. The zero-order valence-corrected chi connectivity index (χ0v) is 11.4. The van der Waals surface area contributed by atoms with Gasteiger partial charge in [0.1, 0.15) is 0 Å².